The van der Waals surface area contributed by atoms with E-state index in [1.807, 2.05) is 30.3 Å². The number of alkyl carbamates (subject to hydrolysis) is 1. The summed E-state index contributed by atoms with van der Waals surface area (Å²) in [5, 5.41) is 12.4. The van der Waals surface area contributed by atoms with Gasteiger partial charge >= 0.3 is 12.1 Å². The molecule has 0 heterocycles. The minimum atomic E-state index is -1.20. The number of hydrogen-bond donors (Lipinski definition) is 2. The summed E-state index contributed by atoms with van der Waals surface area (Å²) in [5.41, 5.74) is 0.201. The molecule has 2 N–H and O–H groups in total. The smallest absolute Gasteiger partial charge is 0.408 e. The number of methoxy groups -OCH3 is 2. The lowest BCUT2D eigenvalue weighted by atomic mass is 10.1. The molecule has 2 rings (SSSR count). The van der Waals surface area contributed by atoms with E-state index in [1.165, 1.54) is 26.4 Å². The van der Waals surface area contributed by atoms with Crippen LogP contribution in [-0.4, -0.2) is 49.6 Å². The fourth-order valence-corrected chi connectivity index (χ4v) is 2.88. The van der Waals surface area contributed by atoms with Gasteiger partial charge in [-0.1, -0.05) is 30.3 Å². The predicted molar refractivity (Wildman–Crippen MR) is 115 cm³/mol. The molecule has 0 radical (unpaired) electrons. The fourth-order valence-electron chi connectivity index (χ4n) is 2.88. The van der Waals surface area contributed by atoms with Crippen molar-refractivity contribution in [3.8, 4) is 17.2 Å². The molecule has 0 bridgehead atoms. The van der Waals surface area contributed by atoms with Crippen LogP contribution in [-0.2, 0) is 11.2 Å². The van der Waals surface area contributed by atoms with Crippen molar-refractivity contribution in [1.82, 2.24) is 5.32 Å². The first-order valence-electron chi connectivity index (χ1n) is 9.78. The number of carbonyl (C=O) groups is 2. The lowest BCUT2D eigenvalue weighted by Gasteiger charge is -2.24. The second-order valence-corrected chi connectivity index (χ2v) is 7.85. The number of rotatable bonds is 9. The third-order valence-electron chi connectivity index (χ3n) is 4.19. The second kappa shape index (κ2) is 10.6. The van der Waals surface area contributed by atoms with Crippen LogP contribution >= 0.6 is 0 Å². The first-order chi connectivity index (χ1) is 14.6. The zero-order valence-electron chi connectivity index (χ0n) is 18.4. The summed E-state index contributed by atoms with van der Waals surface area (Å²) in [4.78, 5) is 24.1. The van der Waals surface area contributed by atoms with Crippen LogP contribution in [0.25, 0.3) is 0 Å². The van der Waals surface area contributed by atoms with Crippen LogP contribution in [0.4, 0.5) is 4.79 Å². The summed E-state index contributed by atoms with van der Waals surface area (Å²) in [6.45, 7) is 5.33. The Labute approximate surface area is 182 Å². The molecule has 0 aliphatic rings. The summed E-state index contributed by atoms with van der Waals surface area (Å²) < 4.78 is 21.6. The van der Waals surface area contributed by atoms with E-state index in [1.54, 1.807) is 20.8 Å². The van der Waals surface area contributed by atoms with Crippen molar-refractivity contribution in [2.45, 2.75) is 38.8 Å². The highest BCUT2D eigenvalue weighted by Gasteiger charge is 2.23. The number of carboxylic acid groups (broad SMARTS) is 1. The molecular weight excluding hydrogens is 402 g/mol. The molecule has 0 spiro atoms. The molecule has 0 aliphatic heterocycles. The van der Waals surface area contributed by atoms with Gasteiger partial charge < -0.3 is 29.4 Å². The molecule has 1 atom stereocenters. The van der Waals surface area contributed by atoms with Gasteiger partial charge in [-0.15, -0.1) is 0 Å². The third kappa shape index (κ3) is 7.40. The lowest BCUT2D eigenvalue weighted by molar-refractivity contribution is 0.0485. The maximum Gasteiger partial charge on any atom is 0.408 e. The Morgan fingerprint density at radius 2 is 1.68 bits per heavy atom. The van der Waals surface area contributed by atoms with Crippen molar-refractivity contribution in [1.29, 1.82) is 0 Å². The molecule has 2 aromatic rings. The Hall–Kier alpha value is -3.42. The van der Waals surface area contributed by atoms with Gasteiger partial charge in [-0.3, -0.25) is 0 Å². The predicted octanol–water partition coefficient (Wildman–Crippen LogP) is 3.92. The number of benzene rings is 2. The first-order valence-corrected chi connectivity index (χ1v) is 9.78. The minimum Gasteiger partial charge on any atom is -0.496 e. The summed E-state index contributed by atoms with van der Waals surface area (Å²) in [6, 6.07) is 12.0. The monoisotopic (exact) mass is 431 g/mol. The van der Waals surface area contributed by atoms with Crippen LogP contribution < -0.4 is 19.5 Å². The summed E-state index contributed by atoms with van der Waals surface area (Å²) in [7, 11) is 2.83. The zero-order valence-corrected chi connectivity index (χ0v) is 18.4. The Bertz CT molecular complexity index is 891. The minimum absolute atomic E-state index is 0.00470. The van der Waals surface area contributed by atoms with E-state index in [0.717, 1.165) is 5.56 Å². The number of hydrogen-bond acceptors (Lipinski definition) is 6. The molecule has 0 saturated carbocycles. The molecule has 8 heteroatoms. The van der Waals surface area contributed by atoms with E-state index in [2.05, 4.69) is 5.32 Å². The standard InChI is InChI=1S/C23H29NO7/c1-23(2,3)31-22(27)24-16(11-15-9-7-6-8-10-15)14-30-19-13-17(28-4)12-18(29-5)20(19)21(25)26/h6-10,12-13,16H,11,14H2,1-5H3,(H,24,27)(H,25,26). The van der Waals surface area contributed by atoms with E-state index >= 15 is 0 Å². The van der Waals surface area contributed by atoms with E-state index in [-0.39, 0.29) is 23.7 Å². The number of amides is 1. The molecule has 1 amide bonds. The highest BCUT2D eigenvalue weighted by molar-refractivity contribution is 5.94. The highest BCUT2D eigenvalue weighted by Crippen LogP contribution is 2.34. The van der Waals surface area contributed by atoms with E-state index < -0.39 is 23.7 Å². The molecule has 168 valence electrons. The van der Waals surface area contributed by atoms with Crippen LogP contribution in [0.2, 0.25) is 0 Å². The van der Waals surface area contributed by atoms with Gasteiger partial charge in [-0.05, 0) is 32.8 Å². The van der Waals surface area contributed by atoms with Gasteiger partial charge in [0.2, 0.25) is 0 Å². The lowest BCUT2D eigenvalue weighted by Crippen LogP contribution is -2.43. The highest BCUT2D eigenvalue weighted by atomic mass is 16.6. The van der Waals surface area contributed by atoms with Crippen molar-refractivity contribution in [3.63, 3.8) is 0 Å². The van der Waals surface area contributed by atoms with Gasteiger partial charge in [0, 0.05) is 12.1 Å². The van der Waals surface area contributed by atoms with Crippen molar-refractivity contribution in [2.24, 2.45) is 0 Å². The largest absolute Gasteiger partial charge is 0.496 e. The fraction of sp³-hybridized carbons (Fsp3) is 0.391. The van der Waals surface area contributed by atoms with Crippen LogP contribution in [0.5, 0.6) is 17.2 Å². The molecule has 1 unspecified atom stereocenters. The topological polar surface area (TPSA) is 103 Å². The van der Waals surface area contributed by atoms with Crippen LogP contribution in [0.1, 0.15) is 36.7 Å². The quantitative estimate of drug-likeness (QED) is 0.620. The molecule has 0 saturated heterocycles. The van der Waals surface area contributed by atoms with E-state index in [0.29, 0.717) is 12.2 Å². The normalized spacial score (nSPS) is 11.9. The molecule has 8 nitrogen and oxygen atoms in total. The average Bonchev–Trinajstić information content (AvgIpc) is 2.70. The Kier molecular flexibility index (Phi) is 8.13. The Morgan fingerprint density at radius 1 is 1.03 bits per heavy atom. The van der Waals surface area contributed by atoms with Crippen molar-refractivity contribution < 1.29 is 33.6 Å². The molecule has 0 aromatic heterocycles. The van der Waals surface area contributed by atoms with Crippen LogP contribution in [0.3, 0.4) is 0 Å². The number of ether oxygens (including phenoxy) is 4. The molecule has 0 aliphatic carbocycles. The molecule has 0 fully saturated rings. The van der Waals surface area contributed by atoms with Crippen LogP contribution in [0, 0.1) is 0 Å². The number of aromatic carboxylic acids is 1. The maximum absolute atomic E-state index is 12.3. The Balaban J connectivity index is 2.26. The van der Waals surface area contributed by atoms with Crippen LogP contribution in [0.15, 0.2) is 42.5 Å². The Morgan fingerprint density at radius 3 is 2.23 bits per heavy atom. The molecule has 31 heavy (non-hydrogen) atoms. The summed E-state index contributed by atoms with van der Waals surface area (Å²) >= 11 is 0. The van der Waals surface area contributed by atoms with Crippen molar-refractivity contribution in [3.05, 3.63) is 53.6 Å². The van der Waals surface area contributed by atoms with Gasteiger partial charge in [0.1, 0.15) is 35.0 Å². The summed E-state index contributed by atoms with van der Waals surface area (Å²) in [6.07, 6.45) is -0.123. The van der Waals surface area contributed by atoms with Gasteiger partial charge in [0.15, 0.2) is 0 Å². The van der Waals surface area contributed by atoms with Gasteiger partial charge in [-0.2, -0.15) is 0 Å². The van der Waals surface area contributed by atoms with E-state index in [9.17, 15) is 14.7 Å². The van der Waals surface area contributed by atoms with Crippen molar-refractivity contribution in [2.75, 3.05) is 20.8 Å². The maximum atomic E-state index is 12.3. The first kappa shape index (κ1) is 23.9. The van der Waals surface area contributed by atoms with Crippen molar-refractivity contribution >= 4 is 12.1 Å². The SMILES string of the molecule is COc1cc(OC)c(C(=O)O)c(OCC(Cc2ccccc2)NC(=O)OC(C)(C)C)c1. The molecule has 2 aromatic carbocycles. The van der Waals surface area contributed by atoms with Gasteiger partial charge in [0.25, 0.3) is 0 Å². The molecular formula is C23H29NO7. The third-order valence-corrected chi connectivity index (χ3v) is 4.19. The number of carbonyl (C=O) groups excluding carboxylic acids is 1. The number of carboxylic acids is 1. The number of nitrogens with one attached hydrogen (secondary N) is 1. The zero-order chi connectivity index (χ0) is 23.0. The van der Waals surface area contributed by atoms with Gasteiger partial charge in [-0.25, -0.2) is 9.59 Å². The average molecular weight is 431 g/mol. The summed E-state index contributed by atoms with van der Waals surface area (Å²) in [5.74, 6) is -0.625. The van der Waals surface area contributed by atoms with Gasteiger partial charge in [0.05, 0.1) is 20.3 Å². The second-order valence-electron chi connectivity index (χ2n) is 7.85. The van der Waals surface area contributed by atoms with E-state index in [4.69, 9.17) is 18.9 Å².